The maximum absolute atomic E-state index is 9.22. The lowest BCUT2D eigenvalue weighted by Crippen LogP contribution is -2.46. The van der Waals surface area contributed by atoms with Gasteiger partial charge in [-0.2, -0.15) is 0 Å². The largest absolute Gasteiger partial charge is 0.395 e. The molecule has 90 valence electrons. The molecule has 1 fully saturated rings. The molecule has 0 aromatic heterocycles. The van der Waals surface area contributed by atoms with Gasteiger partial charge in [-0.15, -0.1) is 0 Å². The van der Waals surface area contributed by atoms with Gasteiger partial charge in [0.15, 0.2) is 0 Å². The minimum Gasteiger partial charge on any atom is -0.395 e. The third-order valence-corrected chi connectivity index (χ3v) is 3.37. The average Bonchev–Trinajstić information content (AvgIpc) is 2.29. The zero-order valence-electron chi connectivity index (χ0n) is 10.2. The molecule has 1 aliphatic rings. The second kappa shape index (κ2) is 7.20. The maximum atomic E-state index is 9.22. The monoisotopic (exact) mass is 214 g/mol. The highest BCUT2D eigenvalue weighted by atomic mass is 16.3. The van der Waals surface area contributed by atoms with Gasteiger partial charge in [-0.1, -0.05) is 20.3 Å². The van der Waals surface area contributed by atoms with Crippen molar-refractivity contribution in [3.05, 3.63) is 0 Å². The van der Waals surface area contributed by atoms with Crippen molar-refractivity contribution in [1.82, 2.24) is 10.2 Å². The van der Waals surface area contributed by atoms with E-state index in [1.54, 1.807) is 0 Å². The number of piperidine rings is 1. The van der Waals surface area contributed by atoms with Crippen LogP contribution < -0.4 is 5.32 Å². The first kappa shape index (κ1) is 12.9. The van der Waals surface area contributed by atoms with Crippen molar-refractivity contribution < 1.29 is 5.11 Å². The van der Waals surface area contributed by atoms with E-state index in [4.69, 9.17) is 0 Å². The summed E-state index contributed by atoms with van der Waals surface area (Å²) in [4.78, 5) is 2.50. The Balaban J connectivity index is 2.29. The predicted octanol–water partition coefficient (Wildman–Crippen LogP) is 1.08. The first-order chi connectivity index (χ1) is 7.30. The smallest absolute Gasteiger partial charge is 0.0597 e. The van der Waals surface area contributed by atoms with E-state index in [0.29, 0.717) is 0 Å². The normalized spacial score (nSPS) is 25.4. The summed E-state index contributed by atoms with van der Waals surface area (Å²) in [7, 11) is 0. The summed E-state index contributed by atoms with van der Waals surface area (Å²) >= 11 is 0. The van der Waals surface area contributed by atoms with Crippen LogP contribution in [0.1, 0.15) is 33.1 Å². The van der Waals surface area contributed by atoms with Gasteiger partial charge in [-0.3, -0.25) is 0 Å². The number of nitrogens with one attached hydrogen (secondary N) is 1. The lowest BCUT2D eigenvalue weighted by Gasteiger charge is -2.34. The zero-order chi connectivity index (χ0) is 11.1. The van der Waals surface area contributed by atoms with Gasteiger partial charge in [0.25, 0.3) is 0 Å². The van der Waals surface area contributed by atoms with Crippen LogP contribution in [0.5, 0.6) is 0 Å². The van der Waals surface area contributed by atoms with E-state index in [9.17, 15) is 5.11 Å². The fourth-order valence-corrected chi connectivity index (χ4v) is 2.44. The van der Waals surface area contributed by atoms with Crippen LogP contribution in [0, 0.1) is 5.92 Å². The Kier molecular flexibility index (Phi) is 6.22. The summed E-state index contributed by atoms with van der Waals surface area (Å²) in [5, 5.41) is 12.5. The van der Waals surface area contributed by atoms with Crippen LogP contribution in [-0.2, 0) is 0 Å². The number of rotatable bonds is 6. The summed E-state index contributed by atoms with van der Waals surface area (Å²) in [5.41, 5.74) is 0. The van der Waals surface area contributed by atoms with E-state index in [1.165, 1.54) is 32.4 Å². The van der Waals surface area contributed by atoms with E-state index >= 15 is 0 Å². The average molecular weight is 214 g/mol. The van der Waals surface area contributed by atoms with E-state index in [1.807, 2.05) is 0 Å². The third-order valence-electron chi connectivity index (χ3n) is 3.37. The Morgan fingerprint density at radius 3 is 2.87 bits per heavy atom. The summed E-state index contributed by atoms with van der Waals surface area (Å²) in [5.74, 6) is 0.875. The summed E-state index contributed by atoms with van der Waals surface area (Å²) < 4.78 is 0. The first-order valence-corrected chi connectivity index (χ1v) is 6.36. The molecule has 1 aliphatic heterocycles. The number of likely N-dealkylation sites (tertiary alicyclic amines) is 1. The minimum atomic E-state index is 0.251. The van der Waals surface area contributed by atoms with E-state index < -0.39 is 0 Å². The van der Waals surface area contributed by atoms with Crippen LogP contribution in [0.2, 0.25) is 0 Å². The van der Waals surface area contributed by atoms with Gasteiger partial charge in [-0.25, -0.2) is 0 Å². The van der Waals surface area contributed by atoms with Crippen LogP contribution in [-0.4, -0.2) is 48.8 Å². The van der Waals surface area contributed by atoms with Gasteiger partial charge in [0.1, 0.15) is 0 Å². The fraction of sp³-hybridized carbons (Fsp3) is 1.00. The molecule has 0 aliphatic carbocycles. The topological polar surface area (TPSA) is 35.5 Å². The third kappa shape index (κ3) is 4.49. The van der Waals surface area contributed by atoms with Gasteiger partial charge >= 0.3 is 0 Å². The Hall–Kier alpha value is -0.120. The summed E-state index contributed by atoms with van der Waals surface area (Å²) in [6, 6.07) is 0.255. The fourth-order valence-electron chi connectivity index (χ4n) is 2.44. The van der Waals surface area contributed by atoms with Crippen molar-refractivity contribution in [3.8, 4) is 0 Å². The molecule has 1 rings (SSSR count). The van der Waals surface area contributed by atoms with Gasteiger partial charge in [0, 0.05) is 19.1 Å². The number of aliphatic hydroxyl groups is 1. The number of hydrogen-bond donors (Lipinski definition) is 2. The first-order valence-electron chi connectivity index (χ1n) is 6.36. The van der Waals surface area contributed by atoms with E-state index in [-0.39, 0.29) is 12.6 Å². The molecule has 2 unspecified atom stereocenters. The molecule has 0 saturated carbocycles. The highest BCUT2D eigenvalue weighted by Crippen LogP contribution is 2.18. The minimum absolute atomic E-state index is 0.251. The summed E-state index contributed by atoms with van der Waals surface area (Å²) in [6.07, 6.45) is 4.00. The molecule has 3 nitrogen and oxygen atoms in total. The van der Waals surface area contributed by atoms with Crippen LogP contribution >= 0.6 is 0 Å². The van der Waals surface area contributed by atoms with E-state index in [2.05, 4.69) is 24.1 Å². The highest BCUT2D eigenvalue weighted by Gasteiger charge is 2.20. The van der Waals surface area contributed by atoms with Crippen molar-refractivity contribution >= 4 is 0 Å². The lowest BCUT2D eigenvalue weighted by molar-refractivity contribution is 0.134. The molecule has 0 aromatic carbocycles. The van der Waals surface area contributed by atoms with Gasteiger partial charge in [0.2, 0.25) is 0 Å². The van der Waals surface area contributed by atoms with Gasteiger partial charge in [-0.05, 0) is 31.8 Å². The quantitative estimate of drug-likeness (QED) is 0.694. The van der Waals surface area contributed by atoms with Crippen molar-refractivity contribution in [3.63, 3.8) is 0 Å². The molecule has 0 amide bonds. The maximum Gasteiger partial charge on any atom is 0.0597 e. The molecule has 2 atom stereocenters. The van der Waals surface area contributed by atoms with Gasteiger partial charge in [0.05, 0.1) is 6.61 Å². The number of likely N-dealkylation sites (N-methyl/N-ethyl adjacent to an activating group) is 1. The Bertz CT molecular complexity index is 164. The summed E-state index contributed by atoms with van der Waals surface area (Å²) in [6.45, 7) is 8.99. The molecular weight excluding hydrogens is 188 g/mol. The van der Waals surface area contributed by atoms with Crippen molar-refractivity contribution in [2.45, 2.75) is 39.2 Å². The molecule has 0 bridgehead atoms. The molecule has 1 heterocycles. The number of hydrogen-bond acceptors (Lipinski definition) is 3. The number of nitrogens with zero attached hydrogens (tertiary/aromatic N) is 1. The molecule has 2 N–H and O–H groups in total. The van der Waals surface area contributed by atoms with E-state index in [0.717, 1.165) is 19.0 Å². The molecular formula is C12H26N2O. The second-order valence-corrected chi connectivity index (χ2v) is 4.61. The molecule has 0 radical (unpaired) electrons. The van der Waals surface area contributed by atoms with Crippen LogP contribution in [0.25, 0.3) is 0 Å². The molecule has 0 aromatic rings. The SMILES string of the molecule is CCNC(CO)CN1CCCC(CC)C1. The Morgan fingerprint density at radius 2 is 2.27 bits per heavy atom. The zero-order valence-corrected chi connectivity index (χ0v) is 10.2. The second-order valence-electron chi connectivity index (χ2n) is 4.61. The van der Waals surface area contributed by atoms with Crippen molar-refractivity contribution in [2.75, 3.05) is 32.8 Å². The van der Waals surface area contributed by atoms with Crippen molar-refractivity contribution in [1.29, 1.82) is 0 Å². The van der Waals surface area contributed by atoms with Crippen LogP contribution in [0.4, 0.5) is 0 Å². The Morgan fingerprint density at radius 1 is 1.47 bits per heavy atom. The molecule has 3 heteroatoms. The van der Waals surface area contributed by atoms with Crippen molar-refractivity contribution in [2.24, 2.45) is 5.92 Å². The molecule has 15 heavy (non-hydrogen) atoms. The molecule has 0 spiro atoms. The van der Waals surface area contributed by atoms with Crippen LogP contribution in [0.15, 0.2) is 0 Å². The standard InChI is InChI=1S/C12H26N2O/c1-3-11-6-5-7-14(8-11)9-12(10-15)13-4-2/h11-13,15H,3-10H2,1-2H3. The molecule has 1 saturated heterocycles. The van der Waals surface area contributed by atoms with Gasteiger partial charge < -0.3 is 15.3 Å². The highest BCUT2D eigenvalue weighted by molar-refractivity contribution is 4.77. The predicted molar refractivity (Wildman–Crippen MR) is 64.0 cm³/mol. The Labute approximate surface area is 93.9 Å². The lowest BCUT2D eigenvalue weighted by atomic mass is 9.95. The van der Waals surface area contributed by atoms with Crippen LogP contribution in [0.3, 0.4) is 0 Å². The number of aliphatic hydroxyl groups excluding tert-OH is 1.